The first kappa shape index (κ1) is 17.3. The van der Waals surface area contributed by atoms with Crippen LogP contribution in [-0.4, -0.2) is 38.8 Å². The van der Waals surface area contributed by atoms with Crippen LogP contribution in [0.4, 0.5) is 8.78 Å². The summed E-state index contributed by atoms with van der Waals surface area (Å²) < 4.78 is 27.5. The number of aryl methyl sites for hydroxylation is 1. The van der Waals surface area contributed by atoms with E-state index in [-0.39, 0.29) is 11.6 Å². The van der Waals surface area contributed by atoms with Crippen molar-refractivity contribution >= 4 is 5.97 Å². The Morgan fingerprint density at radius 3 is 2.67 bits per heavy atom. The molecule has 134 valence electrons. The van der Waals surface area contributed by atoms with Crippen LogP contribution < -0.4 is 0 Å². The molecule has 24 heavy (non-hydrogen) atoms. The smallest absolute Gasteiger partial charge is 0.306 e. The van der Waals surface area contributed by atoms with Crippen molar-refractivity contribution in [1.82, 2.24) is 14.7 Å². The SMILES string of the molecule is Cn1cc(CN2CCC(C3CCCC3C(=O)O)CC2)c(C(F)F)n1. The van der Waals surface area contributed by atoms with Crippen molar-refractivity contribution in [3.63, 3.8) is 0 Å². The van der Waals surface area contributed by atoms with Crippen LogP contribution in [-0.2, 0) is 18.4 Å². The molecule has 1 aliphatic heterocycles. The second kappa shape index (κ2) is 7.17. The van der Waals surface area contributed by atoms with E-state index in [0.717, 1.165) is 45.2 Å². The molecule has 1 aromatic rings. The Labute approximate surface area is 140 Å². The summed E-state index contributed by atoms with van der Waals surface area (Å²) in [4.78, 5) is 13.6. The van der Waals surface area contributed by atoms with Crippen LogP contribution in [0.5, 0.6) is 0 Å². The molecular formula is C17H25F2N3O2. The van der Waals surface area contributed by atoms with Gasteiger partial charge in [-0.1, -0.05) is 6.42 Å². The Morgan fingerprint density at radius 1 is 1.33 bits per heavy atom. The molecule has 0 bridgehead atoms. The van der Waals surface area contributed by atoms with Crippen LogP contribution in [0.3, 0.4) is 0 Å². The lowest BCUT2D eigenvalue weighted by Crippen LogP contribution is -2.37. The van der Waals surface area contributed by atoms with Gasteiger partial charge in [-0.05, 0) is 50.6 Å². The zero-order chi connectivity index (χ0) is 17.3. The fourth-order valence-electron chi connectivity index (χ4n) is 4.50. The monoisotopic (exact) mass is 341 g/mol. The molecule has 7 heteroatoms. The van der Waals surface area contributed by atoms with Crippen LogP contribution in [0.25, 0.3) is 0 Å². The van der Waals surface area contributed by atoms with Gasteiger partial charge in [0.25, 0.3) is 6.43 Å². The second-order valence-corrected chi connectivity index (χ2v) is 7.17. The Bertz CT molecular complexity index is 582. The highest BCUT2D eigenvalue weighted by Crippen LogP contribution is 2.41. The topological polar surface area (TPSA) is 58.4 Å². The Hall–Kier alpha value is -1.50. The molecule has 1 saturated carbocycles. The summed E-state index contributed by atoms with van der Waals surface area (Å²) in [7, 11) is 1.66. The molecule has 2 atom stereocenters. The average molecular weight is 341 g/mol. The number of aromatic nitrogens is 2. The van der Waals surface area contributed by atoms with Crippen molar-refractivity contribution in [2.45, 2.75) is 45.1 Å². The van der Waals surface area contributed by atoms with Crippen molar-refractivity contribution in [3.8, 4) is 0 Å². The molecule has 1 aromatic heterocycles. The highest BCUT2D eigenvalue weighted by molar-refractivity contribution is 5.70. The van der Waals surface area contributed by atoms with Gasteiger partial charge in [0, 0.05) is 25.4 Å². The second-order valence-electron chi connectivity index (χ2n) is 7.17. The number of piperidine rings is 1. The van der Waals surface area contributed by atoms with Crippen molar-refractivity contribution in [3.05, 3.63) is 17.5 Å². The van der Waals surface area contributed by atoms with Crippen molar-refractivity contribution in [1.29, 1.82) is 0 Å². The first-order chi connectivity index (χ1) is 11.5. The number of nitrogens with zero attached hydrogens (tertiary/aromatic N) is 3. The van der Waals surface area contributed by atoms with Gasteiger partial charge in [-0.25, -0.2) is 8.78 Å². The number of hydrogen-bond acceptors (Lipinski definition) is 3. The van der Waals surface area contributed by atoms with Crippen LogP contribution in [0.1, 0.15) is 49.8 Å². The van der Waals surface area contributed by atoms with Gasteiger partial charge in [-0.15, -0.1) is 0 Å². The lowest BCUT2D eigenvalue weighted by atomic mass is 9.78. The van der Waals surface area contributed by atoms with E-state index in [1.54, 1.807) is 13.2 Å². The lowest BCUT2D eigenvalue weighted by molar-refractivity contribution is -0.143. The maximum absolute atomic E-state index is 13.0. The number of carboxylic acid groups (broad SMARTS) is 1. The molecule has 0 aromatic carbocycles. The Morgan fingerprint density at radius 2 is 2.04 bits per heavy atom. The van der Waals surface area contributed by atoms with Gasteiger partial charge in [0.05, 0.1) is 5.92 Å². The molecule has 0 spiro atoms. The number of carbonyl (C=O) groups is 1. The summed E-state index contributed by atoms with van der Waals surface area (Å²) in [6.07, 6.45) is 3.86. The number of halogens is 2. The predicted octanol–water partition coefficient (Wildman–Crippen LogP) is 3.07. The summed E-state index contributed by atoms with van der Waals surface area (Å²) >= 11 is 0. The zero-order valence-corrected chi connectivity index (χ0v) is 14.0. The Balaban J connectivity index is 1.57. The first-order valence-corrected chi connectivity index (χ1v) is 8.71. The molecule has 1 saturated heterocycles. The number of alkyl halides is 2. The van der Waals surface area contributed by atoms with Gasteiger partial charge in [-0.3, -0.25) is 14.4 Å². The summed E-state index contributed by atoms with van der Waals surface area (Å²) in [5.74, 6) is -0.102. The minimum absolute atomic E-state index is 0.124. The van der Waals surface area contributed by atoms with Crippen LogP contribution in [0.15, 0.2) is 6.20 Å². The van der Waals surface area contributed by atoms with Crippen molar-refractivity contribution in [2.24, 2.45) is 24.8 Å². The highest BCUT2D eigenvalue weighted by atomic mass is 19.3. The maximum atomic E-state index is 13.0. The van der Waals surface area contributed by atoms with Gasteiger partial charge in [0.2, 0.25) is 0 Å². The highest BCUT2D eigenvalue weighted by Gasteiger charge is 2.39. The van der Waals surface area contributed by atoms with Crippen LogP contribution in [0.2, 0.25) is 0 Å². The van der Waals surface area contributed by atoms with E-state index in [9.17, 15) is 18.7 Å². The molecule has 0 amide bonds. The largest absolute Gasteiger partial charge is 0.481 e. The van der Waals surface area contributed by atoms with Gasteiger partial charge < -0.3 is 5.11 Å². The van der Waals surface area contributed by atoms with E-state index >= 15 is 0 Å². The molecule has 2 aliphatic rings. The minimum atomic E-state index is -2.55. The van der Waals surface area contributed by atoms with E-state index in [1.165, 1.54) is 4.68 Å². The average Bonchev–Trinajstić information content (AvgIpc) is 3.15. The molecule has 2 unspecified atom stereocenters. The third-order valence-corrected chi connectivity index (χ3v) is 5.66. The normalized spacial score (nSPS) is 26.3. The third kappa shape index (κ3) is 3.61. The van der Waals surface area contributed by atoms with Crippen molar-refractivity contribution < 1.29 is 18.7 Å². The van der Waals surface area contributed by atoms with Crippen LogP contribution >= 0.6 is 0 Å². The van der Waals surface area contributed by atoms with Crippen molar-refractivity contribution in [2.75, 3.05) is 13.1 Å². The number of hydrogen-bond donors (Lipinski definition) is 1. The molecule has 3 rings (SSSR count). The molecule has 2 heterocycles. The van der Waals surface area contributed by atoms with E-state index in [4.69, 9.17) is 0 Å². The summed E-state index contributed by atoms with van der Waals surface area (Å²) in [5, 5.41) is 13.2. The maximum Gasteiger partial charge on any atom is 0.306 e. The number of rotatable bonds is 5. The van der Waals surface area contributed by atoms with Gasteiger partial charge in [0.15, 0.2) is 0 Å². The molecule has 0 radical (unpaired) electrons. The number of aliphatic carboxylic acids is 1. The molecule has 5 nitrogen and oxygen atoms in total. The standard InChI is InChI=1S/C17H25F2N3O2/c1-21-9-12(15(20-21)16(18)19)10-22-7-5-11(6-8-22)13-3-2-4-14(13)17(23)24/h9,11,13-14,16H,2-8,10H2,1H3,(H,23,24). The van der Waals surface area contributed by atoms with Gasteiger partial charge >= 0.3 is 5.97 Å². The van der Waals surface area contributed by atoms with E-state index in [2.05, 4.69) is 10.00 Å². The fraction of sp³-hybridized carbons (Fsp3) is 0.765. The molecule has 1 N–H and O–H groups in total. The Kier molecular flexibility index (Phi) is 5.18. The quantitative estimate of drug-likeness (QED) is 0.894. The fourth-order valence-corrected chi connectivity index (χ4v) is 4.50. The number of likely N-dealkylation sites (tertiary alicyclic amines) is 1. The molecule has 1 aliphatic carbocycles. The first-order valence-electron chi connectivity index (χ1n) is 8.71. The molecule has 2 fully saturated rings. The van der Waals surface area contributed by atoms with Crippen LogP contribution in [0, 0.1) is 17.8 Å². The lowest BCUT2D eigenvalue weighted by Gasteiger charge is -2.36. The molecular weight excluding hydrogens is 316 g/mol. The summed E-state index contributed by atoms with van der Waals surface area (Å²) in [6, 6.07) is 0. The summed E-state index contributed by atoms with van der Waals surface area (Å²) in [6.45, 7) is 2.17. The van der Waals surface area contributed by atoms with Gasteiger partial charge in [0.1, 0.15) is 5.69 Å². The van der Waals surface area contributed by atoms with Gasteiger partial charge in [-0.2, -0.15) is 5.10 Å². The summed E-state index contributed by atoms with van der Waals surface area (Å²) in [5.41, 5.74) is 0.469. The van der Waals surface area contributed by atoms with E-state index < -0.39 is 12.4 Å². The predicted molar refractivity (Wildman–Crippen MR) is 84.6 cm³/mol. The van der Waals surface area contributed by atoms with E-state index in [1.807, 2.05) is 0 Å². The third-order valence-electron chi connectivity index (χ3n) is 5.66. The minimum Gasteiger partial charge on any atom is -0.481 e. The van der Waals surface area contributed by atoms with E-state index in [0.29, 0.717) is 23.9 Å². The number of carboxylic acids is 1. The zero-order valence-electron chi connectivity index (χ0n) is 14.0.